The third kappa shape index (κ3) is 5.00. The van der Waals surface area contributed by atoms with Crippen molar-refractivity contribution in [1.82, 2.24) is 15.1 Å². The molecule has 3 amide bonds. The van der Waals surface area contributed by atoms with Gasteiger partial charge in [0, 0.05) is 13.1 Å². The Labute approximate surface area is 225 Å². The average molecular weight is 536 g/mol. The number of piperidine rings is 1. The van der Waals surface area contributed by atoms with Gasteiger partial charge in [-0.25, -0.2) is 9.59 Å². The van der Waals surface area contributed by atoms with E-state index in [1.165, 1.54) is 16.7 Å². The molecule has 0 aromatic heterocycles. The maximum absolute atomic E-state index is 13.9. The highest BCUT2D eigenvalue weighted by Gasteiger charge is 2.56. The number of nitrogens with one attached hydrogen (secondary N) is 1. The fourth-order valence-electron chi connectivity index (χ4n) is 4.96. The van der Waals surface area contributed by atoms with Crippen LogP contribution >= 0.6 is 11.8 Å². The van der Waals surface area contributed by atoms with E-state index in [0.29, 0.717) is 19.5 Å². The first kappa shape index (κ1) is 25.8. The van der Waals surface area contributed by atoms with Gasteiger partial charge in [-0.15, -0.1) is 11.8 Å². The molecule has 0 bridgehead atoms. The topological polar surface area (TPSA) is 105 Å². The lowest BCUT2D eigenvalue weighted by molar-refractivity contribution is -0.154. The monoisotopic (exact) mass is 535 g/mol. The molecular formula is C28H29N3O6S. The summed E-state index contributed by atoms with van der Waals surface area (Å²) in [6, 6.07) is 17.8. The number of hydrogen-bond acceptors (Lipinski definition) is 7. The molecule has 0 saturated carbocycles. The SMILES string of the molecule is CC1S[C@@H]2C(NC=O)C(=O)N2C(C(=O)OC(c2ccccc2)c2ccccc2)=C1OC(=O)N1CCCCC1. The van der Waals surface area contributed by atoms with E-state index < -0.39 is 40.7 Å². The Kier molecular flexibility index (Phi) is 7.69. The van der Waals surface area contributed by atoms with Crippen LogP contribution in [-0.4, -0.2) is 63.9 Å². The second kappa shape index (κ2) is 11.3. The zero-order valence-corrected chi connectivity index (χ0v) is 21.8. The minimum Gasteiger partial charge on any atom is -0.448 e. The van der Waals surface area contributed by atoms with Crippen molar-refractivity contribution in [2.75, 3.05) is 13.1 Å². The van der Waals surface area contributed by atoms with Gasteiger partial charge in [0.2, 0.25) is 6.41 Å². The van der Waals surface area contributed by atoms with Crippen molar-refractivity contribution < 1.29 is 28.7 Å². The lowest BCUT2D eigenvalue weighted by Gasteiger charge is -2.50. The molecule has 2 saturated heterocycles. The van der Waals surface area contributed by atoms with Crippen molar-refractivity contribution in [2.24, 2.45) is 0 Å². The van der Waals surface area contributed by atoms with Crippen LogP contribution in [0.2, 0.25) is 0 Å². The van der Waals surface area contributed by atoms with Crippen LogP contribution in [0.15, 0.2) is 72.1 Å². The molecule has 2 aromatic carbocycles. The quantitative estimate of drug-likeness (QED) is 0.328. The van der Waals surface area contributed by atoms with Gasteiger partial charge in [0.15, 0.2) is 17.6 Å². The Balaban J connectivity index is 1.50. The van der Waals surface area contributed by atoms with Crippen molar-refractivity contribution in [3.63, 3.8) is 0 Å². The number of rotatable bonds is 7. The Morgan fingerprint density at radius 1 is 1.00 bits per heavy atom. The van der Waals surface area contributed by atoms with Crippen LogP contribution in [0, 0.1) is 0 Å². The van der Waals surface area contributed by atoms with Crippen molar-refractivity contribution in [2.45, 2.75) is 49.0 Å². The van der Waals surface area contributed by atoms with Crippen LogP contribution in [0.5, 0.6) is 0 Å². The molecule has 10 heteroatoms. The number of likely N-dealkylation sites (tertiary alicyclic amines) is 1. The van der Waals surface area contributed by atoms with E-state index in [4.69, 9.17) is 9.47 Å². The number of benzene rings is 2. The minimum atomic E-state index is -0.779. The fourth-order valence-corrected chi connectivity index (χ4v) is 6.35. The van der Waals surface area contributed by atoms with Crippen molar-refractivity contribution in [3.8, 4) is 0 Å². The van der Waals surface area contributed by atoms with Crippen molar-refractivity contribution in [1.29, 1.82) is 0 Å². The summed E-state index contributed by atoms with van der Waals surface area (Å²) in [7, 11) is 0. The number of carbonyl (C=O) groups excluding carboxylic acids is 4. The summed E-state index contributed by atoms with van der Waals surface area (Å²) in [6.45, 7) is 2.96. The summed E-state index contributed by atoms with van der Waals surface area (Å²) < 4.78 is 11.9. The molecule has 2 unspecified atom stereocenters. The second-order valence-electron chi connectivity index (χ2n) is 9.37. The molecule has 2 fully saturated rings. The smallest absolute Gasteiger partial charge is 0.415 e. The van der Waals surface area contributed by atoms with Crippen molar-refractivity contribution in [3.05, 3.63) is 83.2 Å². The number of esters is 1. The van der Waals surface area contributed by atoms with Crippen molar-refractivity contribution >= 4 is 36.1 Å². The molecule has 0 radical (unpaired) electrons. The van der Waals surface area contributed by atoms with Gasteiger partial charge in [0.25, 0.3) is 5.91 Å². The summed E-state index contributed by atoms with van der Waals surface area (Å²) in [5.41, 5.74) is 1.41. The van der Waals surface area contributed by atoms with Gasteiger partial charge >= 0.3 is 12.1 Å². The molecule has 3 aliphatic rings. The minimum absolute atomic E-state index is 0.0876. The lowest BCUT2D eigenvalue weighted by Crippen LogP contribution is -2.70. The zero-order chi connectivity index (χ0) is 26.6. The molecule has 1 N–H and O–H groups in total. The van der Waals surface area contributed by atoms with E-state index in [1.807, 2.05) is 60.7 Å². The highest BCUT2D eigenvalue weighted by atomic mass is 32.2. The molecule has 0 spiro atoms. The van der Waals surface area contributed by atoms with Crippen LogP contribution in [0.4, 0.5) is 4.79 Å². The van der Waals surface area contributed by atoms with Crippen LogP contribution < -0.4 is 5.32 Å². The molecule has 3 atom stereocenters. The highest BCUT2D eigenvalue weighted by Crippen LogP contribution is 2.45. The average Bonchev–Trinajstić information content (AvgIpc) is 2.96. The number of β-lactam (4-membered cyclic amide) rings is 1. The fraction of sp³-hybridized carbons (Fsp3) is 0.357. The third-order valence-electron chi connectivity index (χ3n) is 6.91. The maximum atomic E-state index is 13.9. The van der Waals surface area contributed by atoms with Gasteiger partial charge in [0.05, 0.1) is 5.25 Å². The number of amides is 3. The number of thioether (sulfide) groups is 1. The standard InChI is InChI=1S/C28H29N3O6S/c1-18-23(37-28(35)30-15-9-4-10-16-30)22(31-25(33)21(29-17-32)26(31)38-18)27(34)36-24(19-11-5-2-6-12-19)20-13-7-3-8-14-20/h2-3,5-8,11-14,17-18,21,24,26H,4,9-10,15-16H2,1H3,(H,29,32)/t18?,21?,26-/m1/s1. The number of nitrogens with zero attached hydrogens (tertiary/aromatic N) is 2. The Hall–Kier alpha value is -3.79. The first-order chi connectivity index (χ1) is 18.5. The van der Waals surface area contributed by atoms with Crippen LogP contribution in [-0.2, 0) is 23.9 Å². The summed E-state index contributed by atoms with van der Waals surface area (Å²) in [5.74, 6) is -1.15. The number of fused-ring (bicyclic) bond motifs is 1. The van der Waals surface area contributed by atoms with Gasteiger partial charge in [-0.3, -0.25) is 14.5 Å². The summed E-state index contributed by atoms with van der Waals surface area (Å²) in [6.07, 6.45) is 1.99. The first-order valence-corrected chi connectivity index (χ1v) is 13.6. The van der Waals surface area contributed by atoms with Crippen LogP contribution in [0.25, 0.3) is 0 Å². The van der Waals surface area contributed by atoms with E-state index in [1.54, 1.807) is 11.8 Å². The number of ether oxygens (including phenoxy) is 2. The largest absolute Gasteiger partial charge is 0.448 e. The molecule has 5 rings (SSSR count). The van der Waals surface area contributed by atoms with E-state index in [2.05, 4.69) is 5.32 Å². The molecule has 0 aliphatic carbocycles. The number of hydrogen-bond donors (Lipinski definition) is 1. The normalized spacial score (nSPS) is 22.9. The van der Waals surface area contributed by atoms with E-state index >= 15 is 0 Å². The second-order valence-corrected chi connectivity index (χ2v) is 10.8. The molecule has 198 valence electrons. The summed E-state index contributed by atoms with van der Waals surface area (Å²) in [4.78, 5) is 54.0. The Morgan fingerprint density at radius 3 is 2.18 bits per heavy atom. The zero-order valence-electron chi connectivity index (χ0n) is 20.9. The van der Waals surface area contributed by atoms with Gasteiger partial charge in [-0.05, 0) is 37.3 Å². The van der Waals surface area contributed by atoms with E-state index in [9.17, 15) is 19.2 Å². The molecule has 2 aromatic rings. The molecular weight excluding hydrogens is 506 g/mol. The molecule has 38 heavy (non-hydrogen) atoms. The van der Waals surface area contributed by atoms with Gasteiger partial charge < -0.3 is 19.7 Å². The van der Waals surface area contributed by atoms with Gasteiger partial charge in [-0.1, -0.05) is 60.7 Å². The van der Waals surface area contributed by atoms with Crippen LogP contribution in [0.1, 0.15) is 43.4 Å². The summed E-state index contributed by atoms with van der Waals surface area (Å²) >= 11 is 1.34. The maximum Gasteiger partial charge on any atom is 0.415 e. The Bertz CT molecular complexity index is 1190. The first-order valence-electron chi connectivity index (χ1n) is 12.7. The van der Waals surface area contributed by atoms with Gasteiger partial charge in [0.1, 0.15) is 11.4 Å². The molecule has 9 nitrogen and oxygen atoms in total. The van der Waals surface area contributed by atoms with E-state index in [-0.39, 0.29) is 11.5 Å². The van der Waals surface area contributed by atoms with Gasteiger partial charge in [-0.2, -0.15) is 0 Å². The highest BCUT2D eigenvalue weighted by molar-refractivity contribution is 8.00. The van der Waals surface area contributed by atoms with E-state index in [0.717, 1.165) is 30.4 Å². The number of carbonyl (C=O) groups is 4. The molecule has 3 aliphatic heterocycles. The Morgan fingerprint density at radius 2 is 1.61 bits per heavy atom. The third-order valence-corrected chi connectivity index (χ3v) is 8.30. The summed E-state index contributed by atoms with van der Waals surface area (Å²) in [5, 5.41) is 1.57. The predicted molar refractivity (Wildman–Crippen MR) is 140 cm³/mol. The lowest BCUT2D eigenvalue weighted by atomic mass is 10.0. The molecule has 3 heterocycles. The van der Waals surface area contributed by atoms with Crippen LogP contribution in [0.3, 0.4) is 0 Å². The predicted octanol–water partition coefficient (Wildman–Crippen LogP) is 3.57.